The first-order valence-corrected chi connectivity index (χ1v) is 6.85. The van der Waals surface area contributed by atoms with E-state index in [0.717, 1.165) is 5.56 Å². The summed E-state index contributed by atoms with van der Waals surface area (Å²) < 4.78 is 0. The molecule has 4 heteroatoms. The molecule has 0 aromatic heterocycles. The van der Waals surface area contributed by atoms with Crippen molar-refractivity contribution in [2.75, 3.05) is 6.54 Å². The zero-order chi connectivity index (χ0) is 14.6. The molecule has 1 aromatic rings. The Labute approximate surface area is 119 Å². The lowest BCUT2D eigenvalue weighted by molar-refractivity contribution is -0.137. The SMILES string of the molecule is C=CCNC(=O)C1(C(=O)NC(C)c2ccccc2)CC1. The molecule has 1 fully saturated rings. The van der Waals surface area contributed by atoms with E-state index in [4.69, 9.17) is 0 Å². The van der Waals surface area contributed by atoms with Crippen LogP contribution in [0.25, 0.3) is 0 Å². The van der Waals surface area contributed by atoms with E-state index in [1.54, 1.807) is 6.08 Å². The Morgan fingerprint density at radius 2 is 1.95 bits per heavy atom. The van der Waals surface area contributed by atoms with Crippen molar-refractivity contribution in [3.05, 3.63) is 48.6 Å². The highest BCUT2D eigenvalue weighted by Crippen LogP contribution is 2.46. The van der Waals surface area contributed by atoms with E-state index in [1.807, 2.05) is 37.3 Å². The number of amides is 2. The van der Waals surface area contributed by atoms with Gasteiger partial charge in [0, 0.05) is 6.54 Å². The number of carbonyl (C=O) groups excluding carboxylic acids is 2. The third-order valence-corrected chi connectivity index (χ3v) is 3.67. The fourth-order valence-electron chi connectivity index (χ4n) is 2.18. The molecule has 1 aromatic carbocycles. The number of carbonyl (C=O) groups is 2. The zero-order valence-corrected chi connectivity index (χ0v) is 11.7. The third kappa shape index (κ3) is 2.90. The maximum absolute atomic E-state index is 12.3. The van der Waals surface area contributed by atoms with Gasteiger partial charge in [-0.05, 0) is 25.3 Å². The summed E-state index contributed by atoms with van der Waals surface area (Å²) in [6.45, 7) is 5.87. The van der Waals surface area contributed by atoms with Crippen LogP contribution in [0.3, 0.4) is 0 Å². The van der Waals surface area contributed by atoms with E-state index in [0.29, 0.717) is 19.4 Å². The Hall–Kier alpha value is -2.10. The Balaban J connectivity index is 1.98. The van der Waals surface area contributed by atoms with Gasteiger partial charge >= 0.3 is 0 Å². The predicted molar refractivity (Wildman–Crippen MR) is 77.9 cm³/mol. The molecule has 0 aliphatic heterocycles. The molecule has 0 saturated heterocycles. The van der Waals surface area contributed by atoms with Crippen molar-refractivity contribution in [3.8, 4) is 0 Å². The van der Waals surface area contributed by atoms with Crippen LogP contribution in [0.15, 0.2) is 43.0 Å². The van der Waals surface area contributed by atoms with E-state index in [-0.39, 0.29) is 17.9 Å². The second kappa shape index (κ2) is 5.90. The van der Waals surface area contributed by atoms with Crippen molar-refractivity contribution >= 4 is 11.8 Å². The summed E-state index contributed by atoms with van der Waals surface area (Å²) in [5, 5.41) is 5.64. The molecule has 2 amide bonds. The Kier molecular flexibility index (Phi) is 4.23. The summed E-state index contributed by atoms with van der Waals surface area (Å²) in [5.74, 6) is -0.384. The second-order valence-corrected chi connectivity index (χ2v) is 5.19. The Bertz CT molecular complexity index is 506. The van der Waals surface area contributed by atoms with Gasteiger partial charge < -0.3 is 10.6 Å². The highest BCUT2D eigenvalue weighted by molar-refractivity contribution is 6.08. The minimum Gasteiger partial charge on any atom is -0.352 e. The molecule has 106 valence electrons. The van der Waals surface area contributed by atoms with Gasteiger partial charge in [0.15, 0.2) is 0 Å². The van der Waals surface area contributed by atoms with Gasteiger partial charge in [0.05, 0.1) is 6.04 Å². The molecule has 1 unspecified atom stereocenters. The first-order chi connectivity index (χ1) is 9.60. The van der Waals surface area contributed by atoms with Gasteiger partial charge in [-0.3, -0.25) is 9.59 Å². The summed E-state index contributed by atoms with van der Waals surface area (Å²) in [6, 6.07) is 9.62. The number of benzene rings is 1. The van der Waals surface area contributed by atoms with Crippen LogP contribution in [-0.2, 0) is 9.59 Å². The smallest absolute Gasteiger partial charge is 0.236 e. The highest BCUT2D eigenvalue weighted by Gasteiger charge is 2.56. The fourth-order valence-corrected chi connectivity index (χ4v) is 2.18. The topological polar surface area (TPSA) is 58.2 Å². The van der Waals surface area contributed by atoms with E-state index in [2.05, 4.69) is 17.2 Å². The van der Waals surface area contributed by atoms with Gasteiger partial charge in [-0.25, -0.2) is 0 Å². The highest BCUT2D eigenvalue weighted by atomic mass is 16.2. The molecule has 2 rings (SSSR count). The first kappa shape index (κ1) is 14.3. The Morgan fingerprint density at radius 1 is 1.30 bits per heavy atom. The minimum atomic E-state index is -0.869. The van der Waals surface area contributed by atoms with E-state index < -0.39 is 5.41 Å². The molecule has 0 spiro atoms. The van der Waals surface area contributed by atoms with Crippen LogP contribution >= 0.6 is 0 Å². The van der Waals surface area contributed by atoms with E-state index in [1.165, 1.54) is 0 Å². The van der Waals surface area contributed by atoms with Crippen LogP contribution in [0.4, 0.5) is 0 Å². The van der Waals surface area contributed by atoms with Gasteiger partial charge in [-0.15, -0.1) is 6.58 Å². The summed E-state index contributed by atoms with van der Waals surface area (Å²) in [6.07, 6.45) is 2.84. The van der Waals surface area contributed by atoms with Crippen molar-refractivity contribution in [2.24, 2.45) is 5.41 Å². The number of nitrogens with one attached hydrogen (secondary N) is 2. The van der Waals surface area contributed by atoms with Crippen LogP contribution in [0.1, 0.15) is 31.4 Å². The zero-order valence-electron chi connectivity index (χ0n) is 11.7. The molecule has 1 aliphatic carbocycles. The lowest BCUT2D eigenvalue weighted by atomic mass is 10.0. The first-order valence-electron chi connectivity index (χ1n) is 6.85. The molecule has 1 aliphatic rings. The van der Waals surface area contributed by atoms with E-state index >= 15 is 0 Å². The van der Waals surface area contributed by atoms with Crippen LogP contribution in [0, 0.1) is 5.41 Å². The summed E-state index contributed by atoms with van der Waals surface area (Å²) >= 11 is 0. The van der Waals surface area contributed by atoms with Gasteiger partial charge in [0.2, 0.25) is 11.8 Å². The van der Waals surface area contributed by atoms with Crippen LogP contribution in [0.2, 0.25) is 0 Å². The minimum absolute atomic E-state index is 0.103. The lowest BCUT2D eigenvalue weighted by Crippen LogP contribution is -2.43. The molecule has 2 N–H and O–H groups in total. The molecule has 20 heavy (non-hydrogen) atoms. The maximum atomic E-state index is 12.3. The monoisotopic (exact) mass is 272 g/mol. The fraction of sp³-hybridized carbons (Fsp3) is 0.375. The van der Waals surface area contributed by atoms with Crippen molar-refractivity contribution in [3.63, 3.8) is 0 Å². The largest absolute Gasteiger partial charge is 0.352 e. The molecule has 1 atom stereocenters. The molecule has 0 heterocycles. The maximum Gasteiger partial charge on any atom is 0.236 e. The van der Waals surface area contributed by atoms with Gasteiger partial charge in [-0.2, -0.15) is 0 Å². The molecule has 0 bridgehead atoms. The second-order valence-electron chi connectivity index (χ2n) is 5.19. The van der Waals surface area contributed by atoms with Crippen molar-refractivity contribution in [2.45, 2.75) is 25.8 Å². The number of rotatable bonds is 6. The molecule has 0 radical (unpaired) electrons. The standard InChI is InChI=1S/C16H20N2O2/c1-3-11-17-14(19)16(9-10-16)15(20)18-12(2)13-7-5-4-6-8-13/h3-8,12H,1,9-11H2,2H3,(H,17,19)(H,18,20). The number of hydrogen-bond donors (Lipinski definition) is 2. The Morgan fingerprint density at radius 3 is 2.50 bits per heavy atom. The lowest BCUT2D eigenvalue weighted by Gasteiger charge is -2.19. The number of hydrogen-bond acceptors (Lipinski definition) is 2. The normalized spacial score (nSPS) is 16.9. The van der Waals surface area contributed by atoms with Crippen LogP contribution < -0.4 is 10.6 Å². The van der Waals surface area contributed by atoms with Crippen molar-refractivity contribution in [1.82, 2.24) is 10.6 Å². The summed E-state index contributed by atoms with van der Waals surface area (Å²) in [5.41, 5.74) is 0.162. The summed E-state index contributed by atoms with van der Waals surface area (Å²) in [4.78, 5) is 24.3. The van der Waals surface area contributed by atoms with Crippen LogP contribution in [-0.4, -0.2) is 18.4 Å². The van der Waals surface area contributed by atoms with Gasteiger partial charge in [0.25, 0.3) is 0 Å². The van der Waals surface area contributed by atoms with Gasteiger partial charge in [-0.1, -0.05) is 36.4 Å². The summed E-state index contributed by atoms with van der Waals surface area (Å²) in [7, 11) is 0. The third-order valence-electron chi connectivity index (χ3n) is 3.67. The molecule has 4 nitrogen and oxygen atoms in total. The predicted octanol–water partition coefficient (Wildman–Crippen LogP) is 1.95. The average Bonchev–Trinajstić information content (AvgIpc) is 3.27. The van der Waals surface area contributed by atoms with Gasteiger partial charge in [0.1, 0.15) is 5.41 Å². The quantitative estimate of drug-likeness (QED) is 0.614. The molecular formula is C16H20N2O2. The van der Waals surface area contributed by atoms with Crippen molar-refractivity contribution < 1.29 is 9.59 Å². The van der Waals surface area contributed by atoms with Crippen LogP contribution in [0.5, 0.6) is 0 Å². The molecular weight excluding hydrogens is 252 g/mol. The average molecular weight is 272 g/mol. The van der Waals surface area contributed by atoms with Crippen molar-refractivity contribution in [1.29, 1.82) is 0 Å². The van der Waals surface area contributed by atoms with E-state index in [9.17, 15) is 9.59 Å². The molecule has 1 saturated carbocycles.